The Labute approximate surface area is 150 Å². The van der Waals surface area contributed by atoms with Crippen LogP contribution in [0.4, 0.5) is 5.69 Å². The van der Waals surface area contributed by atoms with Crippen molar-refractivity contribution in [1.82, 2.24) is 4.90 Å². The number of rotatable bonds is 5. The molecule has 0 radical (unpaired) electrons. The molecule has 0 saturated carbocycles. The lowest BCUT2D eigenvalue weighted by Gasteiger charge is -2.15. The maximum atomic E-state index is 12.3. The van der Waals surface area contributed by atoms with Gasteiger partial charge in [-0.15, -0.1) is 0 Å². The molecule has 6 nitrogen and oxygen atoms in total. The SMILES string of the molecule is Cc1c(Cl)cccc1NS(=O)(=O)CCN1C(=O)c2ccccc2C1=O. The average Bonchev–Trinajstić information content (AvgIpc) is 2.82. The van der Waals surface area contributed by atoms with Crippen molar-refractivity contribution in [3.05, 3.63) is 64.2 Å². The molecule has 1 heterocycles. The van der Waals surface area contributed by atoms with E-state index in [4.69, 9.17) is 11.6 Å². The highest BCUT2D eigenvalue weighted by atomic mass is 35.5. The van der Waals surface area contributed by atoms with Crippen molar-refractivity contribution in [2.75, 3.05) is 17.0 Å². The Morgan fingerprint density at radius 1 is 1.00 bits per heavy atom. The van der Waals surface area contributed by atoms with Gasteiger partial charge in [-0.3, -0.25) is 19.2 Å². The lowest BCUT2D eigenvalue weighted by Crippen LogP contribution is -2.35. The molecule has 0 fully saturated rings. The minimum Gasteiger partial charge on any atom is -0.283 e. The minimum atomic E-state index is -3.75. The predicted molar refractivity (Wildman–Crippen MR) is 95.4 cm³/mol. The summed E-state index contributed by atoms with van der Waals surface area (Å²) in [7, 11) is -3.75. The number of hydrogen-bond donors (Lipinski definition) is 1. The van der Waals surface area contributed by atoms with E-state index in [1.54, 1.807) is 49.4 Å². The first-order valence-corrected chi connectivity index (χ1v) is 9.54. The molecule has 2 aromatic carbocycles. The van der Waals surface area contributed by atoms with Crippen molar-refractivity contribution in [3.8, 4) is 0 Å². The van der Waals surface area contributed by atoms with Crippen molar-refractivity contribution in [2.45, 2.75) is 6.92 Å². The number of fused-ring (bicyclic) bond motifs is 1. The summed E-state index contributed by atoms with van der Waals surface area (Å²) >= 11 is 5.98. The summed E-state index contributed by atoms with van der Waals surface area (Å²) in [4.78, 5) is 25.5. The molecule has 8 heteroatoms. The number of anilines is 1. The van der Waals surface area contributed by atoms with Crippen molar-refractivity contribution in [2.24, 2.45) is 0 Å². The molecule has 1 N–H and O–H groups in total. The molecule has 0 atom stereocenters. The van der Waals surface area contributed by atoms with Crippen LogP contribution in [-0.2, 0) is 10.0 Å². The van der Waals surface area contributed by atoms with E-state index in [1.165, 1.54) is 0 Å². The molecule has 0 bridgehead atoms. The summed E-state index contributed by atoms with van der Waals surface area (Å²) in [6.07, 6.45) is 0. The third-order valence-electron chi connectivity index (χ3n) is 3.99. The molecular formula is C17H15ClN2O4S. The van der Waals surface area contributed by atoms with E-state index in [-0.39, 0.29) is 6.54 Å². The van der Waals surface area contributed by atoms with Gasteiger partial charge in [-0.25, -0.2) is 8.42 Å². The van der Waals surface area contributed by atoms with Crippen LogP contribution < -0.4 is 4.72 Å². The average molecular weight is 379 g/mol. The van der Waals surface area contributed by atoms with Gasteiger partial charge < -0.3 is 0 Å². The number of carbonyl (C=O) groups is 2. The maximum absolute atomic E-state index is 12.3. The summed E-state index contributed by atoms with van der Waals surface area (Å²) in [5.41, 5.74) is 1.57. The van der Waals surface area contributed by atoms with Crippen LogP contribution in [0.25, 0.3) is 0 Å². The van der Waals surface area contributed by atoms with Crippen molar-refractivity contribution in [1.29, 1.82) is 0 Å². The number of carbonyl (C=O) groups excluding carboxylic acids is 2. The highest BCUT2D eigenvalue weighted by Crippen LogP contribution is 2.25. The fourth-order valence-corrected chi connectivity index (χ4v) is 3.85. The van der Waals surface area contributed by atoms with Crippen LogP contribution in [0, 0.1) is 6.92 Å². The van der Waals surface area contributed by atoms with Crippen molar-refractivity contribution < 1.29 is 18.0 Å². The normalized spacial score (nSPS) is 13.9. The van der Waals surface area contributed by atoms with E-state index >= 15 is 0 Å². The number of nitrogens with zero attached hydrogens (tertiary/aromatic N) is 1. The molecule has 1 aliphatic heterocycles. The molecule has 0 aromatic heterocycles. The number of sulfonamides is 1. The minimum absolute atomic E-state index is 0.221. The van der Waals surface area contributed by atoms with E-state index < -0.39 is 27.6 Å². The zero-order chi connectivity index (χ0) is 18.2. The molecule has 0 saturated heterocycles. The number of benzene rings is 2. The van der Waals surface area contributed by atoms with Crippen molar-refractivity contribution >= 4 is 39.1 Å². The Kier molecular flexibility index (Phi) is 4.53. The topological polar surface area (TPSA) is 83.6 Å². The number of halogens is 1. The smallest absolute Gasteiger partial charge is 0.261 e. The van der Waals surface area contributed by atoms with E-state index in [2.05, 4.69) is 4.72 Å². The zero-order valence-electron chi connectivity index (χ0n) is 13.3. The number of amides is 2. The number of hydrogen-bond acceptors (Lipinski definition) is 4. The summed E-state index contributed by atoms with van der Waals surface area (Å²) in [5.74, 6) is -1.35. The third kappa shape index (κ3) is 3.38. The van der Waals surface area contributed by atoms with Crippen LogP contribution in [0.5, 0.6) is 0 Å². The van der Waals surface area contributed by atoms with Crippen LogP contribution in [0.3, 0.4) is 0 Å². The molecule has 0 unspecified atom stereocenters. The summed E-state index contributed by atoms with van der Waals surface area (Å²) in [6, 6.07) is 11.3. The van der Waals surface area contributed by atoms with Gasteiger partial charge in [0.2, 0.25) is 10.0 Å². The molecule has 25 heavy (non-hydrogen) atoms. The van der Waals surface area contributed by atoms with E-state index in [0.717, 1.165) is 4.90 Å². The molecular weight excluding hydrogens is 364 g/mol. The Morgan fingerprint density at radius 2 is 1.60 bits per heavy atom. The molecule has 2 aromatic rings. The van der Waals surface area contributed by atoms with Gasteiger partial charge in [0, 0.05) is 11.6 Å². The number of nitrogens with one attached hydrogen (secondary N) is 1. The highest BCUT2D eigenvalue weighted by molar-refractivity contribution is 7.92. The predicted octanol–water partition coefficient (Wildman–Crippen LogP) is 2.69. The molecule has 130 valence electrons. The first-order chi connectivity index (χ1) is 11.8. The second-order valence-corrected chi connectivity index (χ2v) is 7.89. The third-order valence-corrected chi connectivity index (χ3v) is 5.66. The van der Waals surface area contributed by atoms with Gasteiger partial charge in [-0.1, -0.05) is 29.8 Å². The quantitative estimate of drug-likeness (QED) is 0.811. The molecule has 0 spiro atoms. The second-order valence-electron chi connectivity index (χ2n) is 5.64. The standard InChI is InChI=1S/C17H15ClN2O4S/c1-11-14(18)7-4-8-15(11)19-25(23,24)10-9-20-16(21)12-5-2-3-6-13(12)17(20)22/h2-8,19H,9-10H2,1H3. The Bertz CT molecular complexity index is 937. The Morgan fingerprint density at radius 3 is 2.20 bits per heavy atom. The zero-order valence-corrected chi connectivity index (χ0v) is 14.9. The van der Waals surface area contributed by atoms with Gasteiger partial charge in [-0.2, -0.15) is 0 Å². The monoisotopic (exact) mass is 378 g/mol. The fraction of sp³-hybridized carbons (Fsp3) is 0.176. The van der Waals surface area contributed by atoms with Gasteiger partial charge >= 0.3 is 0 Å². The summed E-state index contributed by atoms with van der Waals surface area (Å²) in [5, 5.41) is 0.445. The van der Waals surface area contributed by atoms with Crippen LogP contribution >= 0.6 is 11.6 Å². The molecule has 3 rings (SSSR count). The van der Waals surface area contributed by atoms with Gasteiger partial charge in [0.1, 0.15) is 0 Å². The van der Waals surface area contributed by atoms with Gasteiger partial charge in [0.15, 0.2) is 0 Å². The molecule has 1 aliphatic rings. The van der Waals surface area contributed by atoms with Gasteiger partial charge in [0.25, 0.3) is 11.8 Å². The first-order valence-electron chi connectivity index (χ1n) is 7.51. The summed E-state index contributed by atoms with van der Waals surface area (Å²) in [6.45, 7) is 1.48. The van der Waals surface area contributed by atoms with E-state index in [0.29, 0.717) is 27.4 Å². The fourth-order valence-electron chi connectivity index (χ4n) is 2.59. The summed E-state index contributed by atoms with van der Waals surface area (Å²) < 4.78 is 27.0. The lowest BCUT2D eigenvalue weighted by molar-refractivity contribution is 0.0664. The van der Waals surface area contributed by atoms with E-state index in [9.17, 15) is 18.0 Å². The van der Waals surface area contributed by atoms with Crippen LogP contribution in [0.15, 0.2) is 42.5 Å². The van der Waals surface area contributed by atoms with Gasteiger partial charge in [-0.05, 0) is 36.8 Å². The van der Waals surface area contributed by atoms with E-state index in [1.807, 2.05) is 0 Å². The first kappa shape index (κ1) is 17.4. The van der Waals surface area contributed by atoms with Gasteiger partial charge in [0.05, 0.1) is 22.6 Å². The molecule has 2 amide bonds. The lowest BCUT2D eigenvalue weighted by atomic mass is 10.1. The largest absolute Gasteiger partial charge is 0.283 e. The second kappa shape index (κ2) is 6.50. The number of imide groups is 1. The van der Waals surface area contributed by atoms with Crippen LogP contribution in [0.2, 0.25) is 5.02 Å². The maximum Gasteiger partial charge on any atom is 0.261 e. The Balaban J connectivity index is 1.72. The van der Waals surface area contributed by atoms with Crippen LogP contribution in [0.1, 0.15) is 26.3 Å². The van der Waals surface area contributed by atoms with Crippen LogP contribution in [-0.4, -0.2) is 37.4 Å². The van der Waals surface area contributed by atoms with Crippen molar-refractivity contribution in [3.63, 3.8) is 0 Å². The highest BCUT2D eigenvalue weighted by Gasteiger charge is 2.35. The Hall–Kier alpha value is -2.38. The molecule has 0 aliphatic carbocycles.